The molecule has 0 aromatic heterocycles. The molecule has 0 spiro atoms. The number of carbonyl (C=O) groups is 1. The van der Waals surface area contributed by atoms with Crippen LogP contribution in [0.15, 0.2) is 18.2 Å². The summed E-state index contributed by atoms with van der Waals surface area (Å²) in [5, 5.41) is 9.77. The van der Waals surface area contributed by atoms with Gasteiger partial charge in [0.2, 0.25) is 0 Å². The normalized spacial score (nSPS) is 12.0. The van der Waals surface area contributed by atoms with Gasteiger partial charge in [0, 0.05) is 0 Å². The van der Waals surface area contributed by atoms with E-state index >= 15 is 0 Å². The van der Waals surface area contributed by atoms with Gasteiger partial charge in [-0.3, -0.25) is 4.79 Å². The van der Waals surface area contributed by atoms with Crippen molar-refractivity contribution in [3.05, 3.63) is 28.8 Å². The monoisotopic (exact) mass is 258 g/mol. The predicted molar refractivity (Wildman–Crippen MR) is 64.2 cm³/mol. The number of rotatable bonds is 5. The van der Waals surface area contributed by atoms with Crippen LogP contribution in [0.2, 0.25) is 5.02 Å². The SMILES string of the molecule is COC(=O)CCOc1ccc([C@H](C)O)cc1Cl. The second kappa shape index (κ2) is 6.47. The first-order valence-corrected chi connectivity index (χ1v) is 5.59. The summed E-state index contributed by atoms with van der Waals surface area (Å²) in [6.45, 7) is 1.86. The van der Waals surface area contributed by atoms with Crippen LogP contribution in [0.25, 0.3) is 0 Å². The highest BCUT2D eigenvalue weighted by Gasteiger charge is 2.07. The van der Waals surface area contributed by atoms with Crippen LogP contribution in [0.5, 0.6) is 5.75 Å². The van der Waals surface area contributed by atoms with Crippen LogP contribution in [0.3, 0.4) is 0 Å². The number of benzene rings is 1. The van der Waals surface area contributed by atoms with Gasteiger partial charge in [-0.1, -0.05) is 17.7 Å². The van der Waals surface area contributed by atoms with E-state index in [2.05, 4.69) is 4.74 Å². The molecule has 0 fully saturated rings. The molecule has 1 aromatic carbocycles. The summed E-state index contributed by atoms with van der Waals surface area (Å²) in [5.41, 5.74) is 0.718. The molecule has 1 atom stereocenters. The van der Waals surface area contributed by atoms with E-state index in [0.29, 0.717) is 10.8 Å². The van der Waals surface area contributed by atoms with Crippen molar-refractivity contribution in [2.24, 2.45) is 0 Å². The van der Waals surface area contributed by atoms with E-state index in [1.54, 1.807) is 25.1 Å². The fourth-order valence-electron chi connectivity index (χ4n) is 1.24. The fraction of sp³-hybridized carbons (Fsp3) is 0.417. The maximum atomic E-state index is 10.9. The summed E-state index contributed by atoms with van der Waals surface area (Å²) in [4.78, 5) is 10.9. The Morgan fingerprint density at radius 2 is 2.24 bits per heavy atom. The lowest BCUT2D eigenvalue weighted by molar-refractivity contribution is -0.141. The molecule has 0 radical (unpaired) electrons. The van der Waals surface area contributed by atoms with Gasteiger partial charge < -0.3 is 14.6 Å². The highest BCUT2D eigenvalue weighted by atomic mass is 35.5. The Balaban J connectivity index is 2.57. The number of hydrogen-bond acceptors (Lipinski definition) is 4. The molecule has 1 aromatic rings. The van der Waals surface area contributed by atoms with Crippen LogP contribution in [0.1, 0.15) is 25.0 Å². The number of aliphatic hydroxyl groups excluding tert-OH is 1. The highest BCUT2D eigenvalue weighted by Crippen LogP contribution is 2.27. The third-order valence-corrected chi connectivity index (χ3v) is 2.53. The smallest absolute Gasteiger partial charge is 0.308 e. The van der Waals surface area contributed by atoms with E-state index < -0.39 is 6.10 Å². The summed E-state index contributed by atoms with van der Waals surface area (Å²) >= 11 is 5.97. The van der Waals surface area contributed by atoms with Crippen molar-refractivity contribution in [3.8, 4) is 5.75 Å². The molecular weight excluding hydrogens is 244 g/mol. The zero-order valence-corrected chi connectivity index (χ0v) is 10.5. The molecule has 4 nitrogen and oxygen atoms in total. The number of aliphatic hydroxyl groups is 1. The number of esters is 1. The topological polar surface area (TPSA) is 55.8 Å². The maximum absolute atomic E-state index is 10.9. The molecule has 1 N–H and O–H groups in total. The highest BCUT2D eigenvalue weighted by molar-refractivity contribution is 6.32. The molecule has 0 unspecified atom stereocenters. The minimum absolute atomic E-state index is 0.172. The number of carbonyl (C=O) groups excluding carboxylic acids is 1. The van der Waals surface area contributed by atoms with E-state index in [0.717, 1.165) is 5.56 Å². The van der Waals surface area contributed by atoms with Crippen molar-refractivity contribution in [3.63, 3.8) is 0 Å². The number of ether oxygens (including phenoxy) is 2. The Hall–Kier alpha value is -1.26. The van der Waals surface area contributed by atoms with Crippen LogP contribution in [-0.4, -0.2) is 24.8 Å². The molecule has 0 heterocycles. The van der Waals surface area contributed by atoms with E-state index in [1.807, 2.05) is 0 Å². The van der Waals surface area contributed by atoms with Gasteiger partial charge in [-0.05, 0) is 24.6 Å². The van der Waals surface area contributed by atoms with Crippen LogP contribution >= 0.6 is 11.6 Å². The lowest BCUT2D eigenvalue weighted by Crippen LogP contribution is -2.07. The van der Waals surface area contributed by atoms with Crippen LogP contribution < -0.4 is 4.74 Å². The van der Waals surface area contributed by atoms with Gasteiger partial charge in [0.15, 0.2) is 0 Å². The lowest BCUT2D eigenvalue weighted by Gasteiger charge is -2.10. The molecule has 0 aliphatic heterocycles. The molecule has 0 bridgehead atoms. The predicted octanol–water partition coefficient (Wildman–Crippen LogP) is 2.34. The van der Waals surface area contributed by atoms with Crippen molar-refractivity contribution in [1.29, 1.82) is 0 Å². The molecule has 1 rings (SSSR count). The third kappa shape index (κ3) is 4.24. The van der Waals surface area contributed by atoms with Gasteiger partial charge in [0.25, 0.3) is 0 Å². The molecule has 0 aliphatic carbocycles. The molecule has 0 saturated heterocycles. The Bertz CT molecular complexity index is 390. The second-order valence-corrected chi connectivity index (χ2v) is 3.95. The van der Waals surface area contributed by atoms with Gasteiger partial charge in [-0.25, -0.2) is 0 Å². The molecule has 94 valence electrons. The standard InChI is InChI=1S/C12H15ClO4/c1-8(14)9-3-4-11(10(13)7-9)17-6-5-12(15)16-2/h3-4,7-8,14H,5-6H2,1-2H3/t8-/m0/s1. The maximum Gasteiger partial charge on any atom is 0.308 e. The van der Waals surface area contributed by atoms with Crippen LogP contribution in [-0.2, 0) is 9.53 Å². The zero-order chi connectivity index (χ0) is 12.8. The van der Waals surface area contributed by atoms with Gasteiger partial charge in [0.1, 0.15) is 5.75 Å². The van der Waals surface area contributed by atoms with Crippen molar-refractivity contribution in [2.45, 2.75) is 19.4 Å². The first-order chi connectivity index (χ1) is 8.04. The average Bonchev–Trinajstić information content (AvgIpc) is 2.30. The van der Waals surface area contributed by atoms with Crippen molar-refractivity contribution < 1.29 is 19.4 Å². The lowest BCUT2D eigenvalue weighted by atomic mass is 10.1. The zero-order valence-electron chi connectivity index (χ0n) is 9.77. The van der Waals surface area contributed by atoms with E-state index in [4.69, 9.17) is 16.3 Å². The summed E-state index contributed by atoms with van der Waals surface area (Å²) < 4.78 is 9.81. The van der Waals surface area contributed by atoms with Gasteiger partial charge in [0.05, 0.1) is 31.3 Å². The number of hydrogen-bond donors (Lipinski definition) is 1. The fourth-order valence-corrected chi connectivity index (χ4v) is 1.48. The largest absolute Gasteiger partial charge is 0.491 e. The average molecular weight is 259 g/mol. The molecule has 5 heteroatoms. The van der Waals surface area contributed by atoms with Crippen LogP contribution in [0, 0.1) is 0 Å². The minimum Gasteiger partial charge on any atom is -0.491 e. The van der Waals surface area contributed by atoms with Gasteiger partial charge in [-0.15, -0.1) is 0 Å². The third-order valence-electron chi connectivity index (χ3n) is 2.23. The van der Waals surface area contributed by atoms with E-state index in [-0.39, 0.29) is 19.0 Å². The summed E-state index contributed by atoms with van der Waals surface area (Å²) in [6.07, 6.45) is -0.401. The molecule has 0 saturated carbocycles. The summed E-state index contributed by atoms with van der Waals surface area (Å²) in [7, 11) is 1.33. The molecule has 0 amide bonds. The number of halogens is 1. The first kappa shape index (κ1) is 13.8. The first-order valence-electron chi connectivity index (χ1n) is 5.21. The van der Waals surface area contributed by atoms with E-state index in [9.17, 15) is 9.90 Å². The van der Waals surface area contributed by atoms with Crippen molar-refractivity contribution >= 4 is 17.6 Å². The van der Waals surface area contributed by atoms with Crippen molar-refractivity contribution in [2.75, 3.05) is 13.7 Å². The van der Waals surface area contributed by atoms with Gasteiger partial charge in [-0.2, -0.15) is 0 Å². The Labute approximate surface area is 105 Å². The number of methoxy groups -OCH3 is 1. The quantitative estimate of drug-likeness (QED) is 0.824. The summed E-state index contributed by atoms with van der Waals surface area (Å²) in [6, 6.07) is 5.03. The van der Waals surface area contributed by atoms with Gasteiger partial charge >= 0.3 is 5.97 Å². The molecule has 0 aliphatic rings. The summed E-state index contributed by atoms with van der Waals surface area (Å²) in [5.74, 6) is 0.154. The van der Waals surface area contributed by atoms with Crippen LogP contribution in [0.4, 0.5) is 0 Å². The minimum atomic E-state index is -0.573. The Morgan fingerprint density at radius 1 is 1.53 bits per heavy atom. The molecule has 17 heavy (non-hydrogen) atoms. The second-order valence-electron chi connectivity index (χ2n) is 3.54. The Morgan fingerprint density at radius 3 is 2.76 bits per heavy atom. The Kier molecular flexibility index (Phi) is 5.25. The van der Waals surface area contributed by atoms with Crippen molar-refractivity contribution in [1.82, 2.24) is 0 Å². The molecular formula is C12H15ClO4. The van der Waals surface area contributed by atoms with E-state index in [1.165, 1.54) is 7.11 Å².